The van der Waals surface area contributed by atoms with E-state index in [-0.39, 0.29) is 54.5 Å². The number of hydrogen-bond acceptors (Lipinski definition) is 19. The molecule has 21 nitrogen and oxygen atoms in total. The van der Waals surface area contributed by atoms with Crippen molar-refractivity contribution in [3.8, 4) is 33.8 Å². The molecular formula is C57H71N13O8S2. The second kappa shape index (κ2) is 28.0. The van der Waals surface area contributed by atoms with Gasteiger partial charge in [-0.1, -0.05) is 42.7 Å². The summed E-state index contributed by atoms with van der Waals surface area (Å²) in [5, 5.41) is 36.5. The van der Waals surface area contributed by atoms with Crippen LogP contribution in [0.4, 0.5) is 10.8 Å². The van der Waals surface area contributed by atoms with Crippen LogP contribution in [0.3, 0.4) is 0 Å². The first-order valence-corrected chi connectivity index (χ1v) is 29.4. The molecule has 3 aliphatic rings. The fraction of sp³-hybridized carbons (Fsp3) is 0.509. The molecule has 3 amide bonds. The molecule has 0 unspecified atom stereocenters. The van der Waals surface area contributed by atoms with Crippen molar-refractivity contribution in [3.63, 3.8) is 0 Å². The Morgan fingerprint density at radius 3 is 2.35 bits per heavy atom. The number of carbonyl (C=O) groups is 4. The van der Waals surface area contributed by atoms with Crippen LogP contribution in [0.5, 0.6) is 5.75 Å². The molecule has 0 bridgehead atoms. The summed E-state index contributed by atoms with van der Waals surface area (Å²) in [6.45, 7) is 11.3. The molecule has 3 atom stereocenters. The van der Waals surface area contributed by atoms with Gasteiger partial charge in [0.25, 0.3) is 0 Å². The number of pyridine rings is 1. The number of hydrogen-bond donors (Lipinski definition) is 3. The number of likely N-dealkylation sites (tertiary alicyclic amines) is 1. The number of ether oxygens (including phenoxy) is 4. The Morgan fingerprint density at radius 1 is 0.838 bits per heavy atom. The third-order valence-electron chi connectivity index (χ3n) is 14.7. The van der Waals surface area contributed by atoms with Crippen LogP contribution in [0.25, 0.3) is 27.5 Å². The Balaban J connectivity index is 0.636. The van der Waals surface area contributed by atoms with Gasteiger partial charge in [-0.3, -0.25) is 24.2 Å². The molecule has 0 radical (unpaired) electrons. The number of fused-ring (bicyclic) bond motifs is 1. The molecule has 1 aromatic carbocycles. The van der Waals surface area contributed by atoms with Gasteiger partial charge in [0.2, 0.25) is 28.6 Å². The summed E-state index contributed by atoms with van der Waals surface area (Å²) in [7, 11) is 1.73. The van der Waals surface area contributed by atoms with E-state index in [1.54, 1.807) is 60.4 Å². The zero-order valence-corrected chi connectivity index (χ0v) is 47.6. The minimum Gasteiger partial charge on any atom is -0.491 e. The topological polar surface area (TPSA) is 244 Å². The Morgan fingerprint density at radius 2 is 1.60 bits per heavy atom. The van der Waals surface area contributed by atoms with Crippen molar-refractivity contribution in [1.29, 1.82) is 5.26 Å². The first-order valence-electron chi connectivity index (χ1n) is 27.7. The number of rotatable bonds is 26. The van der Waals surface area contributed by atoms with E-state index in [1.807, 2.05) is 34.2 Å². The van der Waals surface area contributed by atoms with Crippen molar-refractivity contribution in [2.45, 2.75) is 96.3 Å². The summed E-state index contributed by atoms with van der Waals surface area (Å²) >= 11 is 2.88. The average Bonchev–Trinajstić information content (AvgIpc) is 4.54. The smallest absolute Gasteiger partial charge is 0.246 e. The van der Waals surface area contributed by atoms with E-state index in [9.17, 15) is 24.4 Å². The van der Waals surface area contributed by atoms with Gasteiger partial charge in [0.15, 0.2) is 5.01 Å². The molecule has 3 fully saturated rings. The molecule has 424 valence electrons. The SMILES string of the molecule is CN[C@@H](C)C(=O)N[C@H](C(=O)N1CCC[C@H]1c1nc(C(=O)c2cccc(OCCOCCOCCOCCC(=O)N3CCN(c4nnc(-c5cnc(-c6ccc7cc(C#N)cnn67)cc5NC(C)C)s4)CC3)c2)cs1)C1CCCCC1. The Kier molecular flexibility index (Phi) is 20.2. The van der Waals surface area contributed by atoms with E-state index < -0.39 is 12.1 Å². The maximum atomic E-state index is 14.2. The summed E-state index contributed by atoms with van der Waals surface area (Å²) in [4.78, 5) is 69.4. The molecule has 80 heavy (non-hydrogen) atoms. The highest BCUT2D eigenvalue weighted by Gasteiger charge is 2.40. The standard InChI is InChI=1S/C57H71N13O8S2/c1-37(2)62-45-32-46(48-16-15-42-30-39(33-58)34-61-70(42)48)60-35-44(45)54-65-66-57(80-54)68-21-19-67(20-22-68)50(71)17-23-75-24-25-76-26-27-77-28-29-78-43-13-8-12-41(31-43)52(72)47-36-79-55(63-47)49-14-9-18-69(49)56(74)51(40-10-6-5-7-11-40)64-53(73)38(3)59-4/h8,12-13,15-16,30-32,34-38,40,49,51,59H,5-7,9-11,14,17-29H2,1-4H3,(H,60,62)(H,64,73)/t38-,49-,51-/m0/s1. The molecular weight excluding hydrogens is 1060 g/mol. The van der Waals surface area contributed by atoms with Crippen LogP contribution in [-0.2, 0) is 28.6 Å². The quantitative estimate of drug-likeness (QED) is 0.0374. The molecule has 3 N–H and O–H groups in total. The second-order valence-corrected chi connectivity index (χ2v) is 22.4. The maximum absolute atomic E-state index is 14.2. The number of anilines is 2. The van der Waals surface area contributed by atoms with Crippen molar-refractivity contribution in [2.75, 3.05) is 96.2 Å². The minimum atomic E-state index is -0.588. The van der Waals surface area contributed by atoms with Crippen LogP contribution >= 0.6 is 22.7 Å². The molecule has 7 heterocycles. The highest BCUT2D eigenvalue weighted by molar-refractivity contribution is 7.18. The number of carbonyl (C=O) groups excluding carboxylic acids is 4. The lowest BCUT2D eigenvalue weighted by atomic mass is 9.83. The van der Waals surface area contributed by atoms with Gasteiger partial charge in [0.1, 0.15) is 35.2 Å². The van der Waals surface area contributed by atoms with Crippen LogP contribution in [0.2, 0.25) is 0 Å². The molecule has 5 aromatic heterocycles. The number of piperazine rings is 1. The van der Waals surface area contributed by atoms with E-state index in [1.165, 1.54) is 22.7 Å². The summed E-state index contributed by atoms with van der Waals surface area (Å²) in [5.74, 6) is 0.199. The fourth-order valence-corrected chi connectivity index (χ4v) is 12.1. The van der Waals surface area contributed by atoms with Crippen LogP contribution in [0, 0.1) is 17.2 Å². The van der Waals surface area contributed by atoms with Crippen LogP contribution in [0.15, 0.2) is 66.3 Å². The predicted molar refractivity (Wildman–Crippen MR) is 305 cm³/mol. The monoisotopic (exact) mass is 1130 g/mol. The van der Waals surface area contributed by atoms with E-state index in [4.69, 9.17) is 28.9 Å². The Labute approximate surface area is 474 Å². The van der Waals surface area contributed by atoms with E-state index in [0.717, 1.165) is 88.2 Å². The Bertz CT molecular complexity index is 3110. The number of nitrogens with one attached hydrogen (secondary N) is 3. The predicted octanol–water partition coefficient (Wildman–Crippen LogP) is 6.80. The highest BCUT2D eigenvalue weighted by Crippen LogP contribution is 2.38. The third-order valence-corrected chi connectivity index (χ3v) is 16.6. The zero-order chi connectivity index (χ0) is 56.0. The van der Waals surface area contributed by atoms with E-state index in [0.29, 0.717) is 94.9 Å². The first-order chi connectivity index (χ1) is 39.0. The Hall–Kier alpha value is -6.94. The molecule has 6 aromatic rings. The zero-order valence-electron chi connectivity index (χ0n) is 45.9. The largest absolute Gasteiger partial charge is 0.491 e. The van der Waals surface area contributed by atoms with Gasteiger partial charge in [-0.05, 0) is 95.8 Å². The number of amides is 3. The van der Waals surface area contributed by atoms with Crippen LogP contribution in [-0.4, -0.2) is 167 Å². The molecule has 1 aliphatic carbocycles. The minimum absolute atomic E-state index is 0.0440. The highest BCUT2D eigenvalue weighted by atomic mass is 32.1. The van der Waals surface area contributed by atoms with E-state index >= 15 is 0 Å². The van der Waals surface area contributed by atoms with Crippen LogP contribution < -0.4 is 25.6 Å². The van der Waals surface area contributed by atoms with Crippen molar-refractivity contribution in [3.05, 3.63) is 88.1 Å². The van der Waals surface area contributed by atoms with Crippen molar-refractivity contribution < 1.29 is 38.1 Å². The normalized spacial score (nSPS) is 16.7. The van der Waals surface area contributed by atoms with Gasteiger partial charge < -0.3 is 49.6 Å². The summed E-state index contributed by atoms with van der Waals surface area (Å²) in [6, 6.07) is 15.7. The number of nitrogens with zero attached hydrogens (tertiary/aromatic N) is 10. The van der Waals surface area contributed by atoms with Crippen molar-refractivity contribution in [1.82, 2.24) is 50.2 Å². The number of ketones is 1. The molecule has 23 heteroatoms. The number of aromatic nitrogens is 6. The molecule has 9 rings (SSSR count). The number of thiazole rings is 1. The van der Waals surface area contributed by atoms with Gasteiger partial charge in [-0.15, -0.1) is 21.5 Å². The van der Waals surface area contributed by atoms with Gasteiger partial charge >= 0.3 is 0 Å². The molecule has 0 spiro atoms. The third kappa shape index (κ3) is 14.5. The lowest BCUT2D eigenvalue weighted by Gasteiger charge is -2.35. The average molecular weight is 1130 g/mol. The van der Waals surface area contributed by atoms with Crippen molar-refractivity contribution >= 4 is 62.5 Å². The molecule has 2 saturated heterocycles. The lowest BCUT2D eigenvalue weighted by Crippen LogP contribution is -2.55. The number of likely N-dealkylation sites (N-methyl/N-ethyl adjacent to an activating group) is 1. The van der Waals surface area contributed by atoms with Crippen LogP contribution in [0.1, 0.15) is 105 Å². The first kappa shape index (κ1) is 57.7. The summed E-state index contributed by atoms with van der Waals surface area (Å²) < 4.78 is 24.8. The van der Waals surface area contributed by atoms with Gasteiger partial charge in [-0.25, -0.2) is 9.50 Å². The van der Waals surface area contributed by atoms with Gasteiger partial charge in [0.05, 0.1) is 92.4 Å². The maximum Gasteiger partial charge on any atom is 0.246 e. The summed E-state index contributed by atoms with van der Waals surface area (Å²) in [6.07, 6.45) is 10.3. The van der Waals surface area contributed by atoms with Gasteiger partial charge in [-0.2, -0.15) is 10.4 Å². The number of benzene rings is 1. The lowest BCUT2D eigenvalue weighted by molar-refractivity contribution is -0.139. The summed E-state index contributed by atoms with van der Waals surface area (Å²) in [5.41, 5.74) is 5.33. The van der Waals surface area contributed by atoms with E-state index in [2.05, 4.69) is 56.1 Å². The fourth-order valence-electron chi connectivity index (χ4n) is 10.3. The molecule has 2 aliphatic heterocycles. The van der Waals surface area contributed by atoms with Gasteiger partial charge in [0, 0.05) is 61.6 Å². The molecule has 1 saturated carbocycles. The second-order valence-electron chi connectivity index (χ2n) is 20.5. The number of nitriles is 1. The van der Waals surface area contributed by atoms with Crippen molar-refractivity contribution in [2.24, 2.45) is 5.92 Å².